The summed E-state index contributed by atoms with van der Waals surface area (Å²) >= 11 is 2.47. The summed E-state index contributed by atoms with van der Waals surface area (Å²) in [6.45, 7) is 4.26. The molecule has 1 aliphatic heterocycles. The molecular formula is C8H17IN+. The van der Waals surface area contributed by atoms with Crippen LogP contribution in [0, 0.1) is 0 Å². The van der Waals surface area contributed by atoms with E-state index < -0.39 is 0 Å². The summed E-state index contributed by atoms with van der Waals surface area (Å²) < 4.78 is 2.68. The van der Waals surface area contributed by atoms with E-state index in [4.69, 9.17) is 0 Å². The summed E-state index contributed by atoms with van der Waals surface area (Å²) in [7, 11) is 2.40. The van der Waals surface area contributed by atoms with Crippen molar-refractivity contribution in [1.29, 1.82) is 0 Å². The largest absolute Gasteiger partial charge is 0.326 e. The minimum atomic E-state index is 1.32. The lowest BCUT2D eigenvalue weighted by Gasteiger charge is -2.28. The van der Waals surface area contributed by atoms with E-state index in [0.717, 1.165) is 0 Å². The number of rotatable bonds is 3. The van der Waals surface area contributed by atoms with Gasteiger partial charge in [0, 0.05) is 23.7 Å². The van der Waals surface area contributed by atoms with Crippen LogP contribution in [0.4, 0.5) is 0 Å². The number of halogens is 1. The van der Waals surface area contributed by atoms with Crippen molar-refractivity contribution in [2.45, 2.75) is 19.3 Å². The van der Waals surface area contributed by atoms with Crippen molar-refractivity contribution in [2.75, 3.05) is 31.1 Å². The number of hydrogen-bond acceptors (Lipinski definition) is 0. The van der Waals surface area contributed by atoms with Gasteiger partial charge in [0.2, 0.25) is 0 Å². The minimum Gasteiger partial charge on any atom is -0.326 e. The van der Waals surface area contributed by atoms with Gasteiger partial charge in [0.15, 0.2) is 0 Å². The van der Waals surface area contributed by atoms with E-state index in [1.54, 1.807) is 0 Å². The summed E-state index contributed by atoms with van der Waals surface area (Å²) in [5.74, 6) is 0. The van der Waals surface area contributed by atoms with Crippen LogP contribution in [0.15, 0.2) is 0 Å². The van der Waals surface area contributed by atoms with Crippen molar-refractivity contribution in [3.8, 4) is 0 Å². The third-order valence-corrected chi connectivity index (χ3v) is 3.24. The van der Waals surface area contributed by atoms with Gasteiger partial charge in [0.1, 0.15) is 0 Å². The maximum absolute atomic E-state index is 2.47. The first-order valence-corrected chi connectivity index (χ1v) is 5.69. The molecule has 0 aromatic carbocycles. The van der Waals surface area contributed by atoms with Crippen molar-refractivity contribution >= 4 is 22.6 Å². The van der Waals surface area contributed by atoms with Gasteiger partial charge in [-0.05, 0) is 0 Å². The zero-order chi connectivity index (χ0) is 7.45. The van der Waals surface area contributed by atoms with E-state index in [1.165, 1.54) is 47.8 Å². The smallest absolute Gasteiger partial charge is 0.0791 e. The highest BCUT2D eigenvalue weighted by Gasteiger charge is 2.25. The average molecular weight is 254 g/mol. The first-order valence-electron chi connectivity index (χ1n) is 4.16. The molecule has 1 nitrogen and oxygen atoms in total. The number of quaternary nitrogens is 1. The van der Waals surface area contributed by atoms with Crippen LogP contribution in [0.25, 0.3) is 0 Å². The molecule has 0 bridgehead atoms. The quantitative estimate of drug-likeness (QED) is 0.411. The van der Waals surface area contributed by atoms with Gasteiger partial charge < -0.3 is 4.48 Å². The molecule has 0 aliphatic carbocycles. The van der Waals surface area contributed by atoms with Gasteiger partial charge >= 0.3 is 0 Å². The zero-order valence-corrected chi connectivity index (χ0v) is 8.93. The maximum atomic E-state index is 2.47. The third kappa shape index (κ3) is 2.38. The minimum absolute atomic E-state index is 1.32. The van der Waals surface area contributed by atoms with Gasteiger partial charge in [-0.3, -0.25) is 0 Å². The first kappa shape index (κ1) is 8.78. The normalized spacial score (nSPS) is 23.4. The van der Waals surface area contributed by atoms with Gasteiger partial charge in [-0.1, -0.05) is 22.6 Å². The van der Waals surface area contributed by atoms with Crippen molar-refractivity contribution in [1.82, 2.24) is 0 Å². The fourth-order valence-electron chi connectivity index (χ4n) is 1.76. The summed E-state index contributed by atoms with van der Waals surface area (Å²) in [5.41, 5.74) is 0. The van der Waals surface area contributed by atoms with E-state index in [0.29, 0.717) is 0 Å². The molecule has 0 aromatic heterocycles. The summed E-state index contributed by atoms with van der Waals surface area (Å²) in [6, 6.07) is 0. The molecule has 10 heavy (non-hydrogen) atoms. The predicted octanol–water partition coefficient (Wildman–Crippen LogP) is 2.05. The third-order valence-electron chi connectivity index (χ3n) is 2.48. The predicted molar refractivity (Wildman–Crippen MR) is 53.5 cm³/mol. The molecule has 1 saturated heterocycles. The van der Waals surface area contributed by atoms with Gasteiger partial charge in [-0.15, -0.1) is 0 Å². The summed E-state index contributed by atoms with van der Waals surface area (Å²) in [5, 5.41) is 0. The Morgan fingerprint density at radius 1 is 1.30 bits per heavy atom. The molecule has 0 spiro atoms. The van der Waals surface area contributed by atoms with Crippen LogP contribution in [0.2, 0.25) is 0 Å². The topological polar surface area (TPSA) is 0 Å². The van der Waals surface area contributed by atoms with Crippen molar-refractivity contribution in [3.63, 3.8) is 0 Å². The second-order valence-corrected chi connectivity index (χ2v) is 4.62. The Kier molecular flexibility index (Phi) is 3.43. The molecule has 2 heteroatoms. The molecule has 0 aromatic rings. The van der Waals surface area contributed by atoms with Gasteiger partial charge in [0.25, 0.3) is 0 Å². The molecule has 1 heterocycles. The Balaban J connectivity index is 2.22. The average Bonchev–Trinajstić information content (AvgIpc) is 2.33. The fraction of sp³-hybridized carbons (Fsp3) is 1.00. The highest BCUT2D eigenvalue weighted by Crippen LogP contribution is 2.16. The van der Waals surface area contributed by atoms with Crippen LogP contribution in [-0.4, -0.2) is 35.6 Å². The lowest BCUT2D eigenvalue weighted by atomic mass is 10.4. The zero-order valence-electron chi connectivity index (χ0n) is 6.77. The molecule has 0 N–H and O–H groups in total. The molecule has 1 fully saturated rings. The molecule has 0 amide bonds. The molecule has 1 rings (SSSR count). The fourth-order valence-corrected chi connectivity index (χ4v) is 2.11. The number of likely N-dealkylation sites (tertiary alicyclic amines) is 1. The molecule has 60 valence electrons. The van der Waals surface area contributed by atoms with Gasteiger partial charge in [-0.25, -0.2) is 0 Å². The Hall–Kier alpha value is 0.690. The van der Waals surface area contributed by atoms with Crippen molar-refractivity contribution in [3.05, 3.63) is 0 Å². The lowest BCUT2D eigenvalue weighted by Crippen LogP contribution is -2.41. The molecule has 0 atom stereocenters. The molecule has 0 radical (unpaired) electrons. The molecule has 1 aliphatic rings. The molecule has 0 unspecified atom stereocenters. The van der Waals surface area contributed by atoms with Crippen LogP contribution in [-0.2, 0) is 0 Å². The number of nitrogens with zero attached hydrogens (tertiary/aromatic N) is 1. The van der Waals surface area contributed by atoms with E-state index in [9.17, 15) is 0 Å². The van der Waals surface area contributed by atoms with Gasteiger partial charge in [0.05, 0.1) is 26.7 Å². The Morgan fingerprint density at radius 3 is 2.40 bits per heavy atom. The monoisotopic (exact) mass is 254 g/mol. The first-order chi connectivity index (χ1) is 4.77. The number of hydrogen-bond donors (Lipinski definition) is 0. The highest BCUT2D eigenvalue weighted by molar-refractivity contribution is 14.1. The Labute approximate surface area is 77.5 Å². The van der Waals surface area contributed by atoms with E-state index in [2.05, 4.69) is 29.6 Å². The van der Waals surface area contributed by atoms with Crippen LogP contribution in [0.1, 0.15) is 19.3 Å². The van der Waals surface area contributed by atoms with Gasteiger partial charge in [-0.2, -0.15) is 0 Å². The summed E-state index contributed by atoms with van der Waals surface area (Å²) in [4.78, 5) is 0. The van der Waals surface area contributed by atoms with Crippen LogP contribution >= 0.6 is 22.6 Å². The van der Waals surface area contributed by atoms with E-state index in [1.807, 2.05) is 0 Å². The second kappa shape index (κ2) is 3.90. The lowest BCUT2D eigenvalue weighted by molar-refractivity contribution is -0.897. The Morgan fingerprint density at radius 2 is 1.90 bits per heavy atom. The van der Waals surface area contributed by atoms with Crippen LogP contribution in [0.5, 0.6) is 0 Å². The summed E-state index contributed by atoms with van der Waals surface area (Å²) in [6.07, 6.45) is 4.31. The highest BCUT2D eigenvalue weighted by atomic mass is 127. The standard InChI is InChI=1S/C8H17IN/c1-10(8-4-5-9)6-2-3-7-10/h2-8H2,1H3/q+1. The molecule has 0 saturated carbocycles. The van der Waals surface area contributed by atoms with Crippen molar-refractivity contribution < 1.29 is 4.48 Å². The van der Waals surface area contributed by atoms with Crippen LogP contribution in [0.3, 0.4) is 0 Å². The van der Waals surface area contributed by atoms with Crippen molar-refractivity contribution in [2.24, 2.45) is 0 Å². The van der Waals surface area contributed by atoms with Crippen LogP contribution < -0.4 is 0 Å². The Bertz CT molecular complexity index is 97.4. The second-order valence-electron chi connectivity index (χ2n) is 3.54. The SMILES string of the molecule is C[N+]1(CCCI)CCCC1. The number of alkyl halides is 1. The maximum Gasteiger partial charge on any atom is 0.0791 e. The van der Waals surface area contributed by atoms with E-state index in [-0.39, 0.29) is 0 Å². The van der Waals surface area contributed by atoms with E-state index >= 15 is 0 Å². The molecular weight excluding hydrogens is 237 g/mol.